The predicted octanol–water partition coefficient (Wildman–Crippen LogP) is 4.26. The van der Waals surface area contributed by atoms with Crippen molar-refractivity contribution in [1.82, 2.24) is 4.90 Å². The van der Waals surface area contributed by atoms with Crippen molar-refractivity contribution in [2.24, 2.45) is 11.8 Å². The molecule has 1 heterocycles. The molecular formula is C21H25NO2. The molecule has 1 amide bonds. The molecule has 24 heavy (non-hydrogen) atoms. The van der Waals surface area contributed by atoms with Crippen molar-refractivity contribution in [2.75, 3.05) is 19.7 Å². The van der Waals surface area contributed by atoms with Gasteiger partial charge in [0.05, 0.1) is 0 Å². The number of benzene rings is 2. The van der Waals surface area contributed by atoms with E-state index >= 15 is 0 Å². The Labute approximate surface area is 143 Å². The topological polar surface area (TPSA) is 29.5 Å². The molecular weight excluding hydrogens is 298 g/mol. The standard InChI is InChI=1S/C21H25NO2/c23-21(22-12-11-17-6-2-4-8-19(17)14-22)15-24-20-10-9-16-5-1-3-7-18(16)13-20/h1,3,5,7,9-10,13,17,19H,2,4,6,8,11-12,14-15H2/t17-,19+/m0/s1. The molecule has 0 aromatic heterocycles. The van der Waals surface area contributed by atoms with Crippen LogP contribution in [0.25, 0.3) is 10.8 Å². The van der Waals surface area contributed by atoms with Crippen LogP contribution >= 0.6 is 0 Å². The number of fused-ring (bicyclic) bond motifs is 2. The van der Waals surface area contributed by atoms with Gasteiger partial charge in [-0.3, -0.25) is 4.79 Å². The van der Waals surface area contributed by atoms with Crippen molar-refractivity contribution in [3.05, 3.63) is 42.5 Å². The van der Waals surface area contributed by atoms with Gasteiger partial charge in [-0.25, -0.2) is 0 Å². The van der Waals surface area contributed by atoms with Crippen molar-refractivity contribution in [3.8, 4) is 5.75 Å². The van der Waals surface area contributed by atoms with Crippen LogP contribution in [0.4, 0.5) is 0 Å². The molecule has 1 saturated carbocycles. The van der Waals surface area contributed by atoms with Gasteiger partial charge in [0.25, 0.3) is 5.91 Å². The summed E-state index contributed by atoms with van der Waals surface area (Å²) >= 11 is 0. The third-order valence-corrected chi connectivity index (χ3v) is 5.73. The van der Waals surface area contributed by atoms with E-state index in [1.54, 1.807) is 0 Å². The van der Waals surface area contributed by atoms with E-state index in [4.69, 9.17) is 4.74 Å². The van der Waals surface area contributed by atoms with Gasteiger partial charge in [-0.2, -0.15) is 0 Å². The minimum absolute atomic E-state index is 0.132. The molecule has 3 nitrogen and oxygen atoms in total. The van der Waals surface area contributed by atoms with E-state index in [1.165, 1.54) is 37.5 Å². The van der Waals surface area contributed by atoms with Gasteiger partial charge in [-0.1, -0.05) is 49.6 Å². The molecule has 1 aliphatic heterocycles. The third kappa shape index (κ3) is 3.26. The number of piperidine rings is 1. The number of rotatable bonds is 3. The second-order valence-electron chi connectivity index (χ2n) is 7.23. The van der Waals surface area contributed by atoms with E-state index < -0.39 is 0 Å². The number of nitrogens with zero attached hydrogens (tertiary/aromatic N) is 1. The molecule has 2 fully saturated rings. The normalized spacial score (nSPS) is 23.8. The average Bonchev–Trinajstić information content (AvgIpc) is 2.65. The first-order chi connectivity index (χ1) is 11.8. The minimum atomic E-state index is 0.132. The van der Waals surface area contributed by atoms with Crippen LogP contribution in [-0.4, -0.2) is 30.5 Å². The van der Waals surface area contributed by atoms with Gasteiger partial charge in [0.2, 0.25) is 0 Å². The molecule has 3 heteroatoms. The highest BCUT2D eigenvalue weighted by molar-refractivity contribution is 5.84. The SMILES string of the molecule is O=C(COc1ccc2ccccc2c1)N1CC[C@@H]2CCCC[C@@H]2C1. The third-order valence-electron chi connectivity index (χ3n) is 5.73. The summed E-state index contributed by atoms with van der Waals surface area (Å²) in [5, 5.41) is 2.33. The number of amides is 1. The van der Waals surface area contributed by atoms with Crippen molar-refractivity contribution in [2.45, 2.75) is 32.1 Å². The van der Waals surface area contributed by atoms with E-state index in [0.29, 0.717) is 0 Å². The quantitative estimate of drug-likeness (QED) is 0.845. The first-order valence-corrected chi connectivity index (χ1v) is 9.19. The van der Waals surface area contributed by atoms with Gasteiger partial charge in [-0.15, -0.1) is 0 Å². The van der Waals surface area contributed by atoms with Crippen molar-refractivity contribution in [1.29, 1.82) is 0 Å². The lowest BCUT2D eigenvalue weighted by molar-refractivity contribution is -0.136. The van der Waals surface area contributed by atoms with Gasteiger partial charge in [0, 0.05) is 13.1 Å². The lowest BCUT2D eigenvalue weighted by atomic mass is 9.75. The molecule has 2 aliphatic rings. The van der Waals surface area contributed by atoms with E-state index in [-0.39, 0.29) is 12.5 Å². The molecule has 1 aliphatic carbocycles. The highest BCUT2D eigenvalue weighted by Crippen LogP contribution is 2.36. The summed E-state index contributed by atoms with van der Waals surface area (Å²) in [6, 6.07) is 14.2. The molecule has 0 radical (unpaired) electrons. The van der Waals surface area contributed by atoms with Crippen LogP contribution in [0.2, 0.25) is 0 Å². The summed E-state index contributed by atoms with van der Waals surface area (Å²) in [6.45, 7) is 1.99. The van der Waals surface area contributed by atoms with Gasteiger partial charge < -0.3 is 9.64 Å². The Balaban J connectivity index is 1.35. The summed E-state index contributed by atoms with van der Waals surface area (Å²) in [4.78, 5) is 14.5. The maximum Gasteiger partial charge on any atom is 0.260 e. The van der Waals surface area contributed by atoms with Crippen LogP contribution in [-0.2, 0) is 4.79 Å². The minimum Gasteiger partial charge on any atom is -0.484 e. The highest BCUT2D eigenvalue weighted by atomic mass is 16.5. The Morgan fingerprint density at radius 1 is 1.00 bits per heavy atom. The van der Waals surface area contributed by atoms with Crippen LogP contribution in [0.15, 0.2) is 42.5 Å². The molecule has 0 spiro atoms. The number of hydrogen-bond donors (Lipinski definition) is 0. The predicted molar refractivity (Wildman–Crippen MR) is 96.1 cm³/mol. The summed E-state index contributed by atoms with van der Waals surface area (Å²) in [6.07, 6.45) is 6.53. The number of carbonyl (C=O) groups excluding carboxylic acids is 1. The summed E-state index contributed by atoms with van der Waals surface area (Å²) in [5.74, 6) is 2.48. The van der Waals surface area contributed by atoms with E-state index in [2.05, 4.69) is 12.1 Å². The monoisotopic (exact) mass is 323 g/mol. The maximum atomic E-state index is 12.5. The van der Waals surface area contributed by atoms with Gasteiger partial charge in [0.15, 0.2) is 6.61 Å². The zero-order valence-electron chi connectivity index (χ0n) is 14.1. The molecule has 0 N–H and O–H groups in total. The Morgan fingerprint density at radius 3 is 2.67 bits per heavy atom. The Hall–Kier alpha value is -2.03. The molecule has 0 bridgehead atoms. The zero-order chi connectivity index (χ0) is 16.4. The molecule has 1 saturated heterocycles. The number of likely N-dealkylation sites (tertiary alicyclic amines) is 1. The second-order valence-corrected chi connectivity index (χ2v) is 7.23. The first-order valence-electron chi connectivity index (χ1n) is 9.19. The van der Waals surface area contributed by atoms with E-state index in [1.807, 2.05) is 35.2 Å². The van der Waals surface area contributed by atoms with Crippen molar-refractivity contribution < 1.29 is 9.53 Å². The Bertz CT molecular complexity index is 727. The van der Waals surface area contributed by atoms with Gasteiger partial charge >= 0.3 is 0 Å². The fourth-order valence-corrected chi connectivity index (χ4v) is 4.32. The second kappa shape index (κ2) is 6.84. The van der Waals surface area contributed by atoms with Gasteiger partial charge in [-0.05, 0) is 47.6 Å². The average molecular weight is 323 g/mol. The van der Waals surface area contributed by atoms with Crippen molar-refractivity contribution in [3.63, 3.8) is 0 Å². The number of ether oxygens (including phenoxy) is 1. The number of carbonyl (C=O) groups is 1. The van der Waals surface area contributed by atoms with Crippen LogP contribution in [0.3, 0.4) is 0 Å². The van der Waals surface area contributed by atoms with E-state index in [0.717, 1.165) is 36.1 Å². The van der Waals surface area contributed by atoms with Crippen LogP contribution < -0.4 is 4.74 Å². The van der Waals surface area contributed by atoms with Gasteiger partial charge in [0.1, 0.15) is 5.75 Å². The lowest BCUT2D eigenvalue weighted by Crippen LogP contribution is -2.46. The zero-order valence-corrected chi connectivity index (χ0v) is 14.1. The van der Waals surface area contributed by atoms with Crippen molar-refractivity contribution >= 4 is 16.7 Å². The largest absolute Gasteiger partial charge is 0.484 e. The number of hydrogen-bond acceptors (Lipinski definition) is 2. The molecule has 2 atom stereocenters. The molecule has 4 rings (SSSR count). The highest BCUT2D eigenvalue weighted by Gasteiger charge is 2.32. The lowest BCUT2D eigenvalue weighted by Gasteiger charge is -2.41. The Morgan fingerprint density at radius 2 is 1.79 bits per heavy atom. The fraction of sp³-hybridized carbons (Fsp3) is 0.476. The first kappa shape index (κ1) is 15.5. The summed E-state index contributed by atoms with van der Waals surface area (Å²) in [5.41, 5.74) is 0. The van der Waals surface area contributed by atoms with Crippen LogP contribution in [0, 0.1) is 11.8 Å². The molecule has 126 valence electrons. The van der Waals surface area contributed by atoms with Crippen LogP contribution in [0.1, 0.15) is 32.1 Å². The van der Waals surface area contributed by atoms with Crippen LogP contribution in [0.5, 0.6) is 5.75 Å². The fourth-order valence-electron chi connectivity index (χ4n) is 4.32. The molecule has 0 unspecified atom stereocenters. The van der Waals surface area contributed by atoms with E-state index in [9.17, 15) is 4.79 Å². The smallest absolute Gasteiger partial charge is 0.260 e. The molecule has 2 aromatic carbocycles. The maximum absolute atomic E-state index is 12.5. The molecule has 2 aromatic rings. The Kier molecular flexibility index (Phi) is 4.42. The summed E-state index contributed by atoms with van der Waals surface area (Å²) in [7, 11) is 0. The summed E-state index contributed by atoms with van der Waals surface area (Å²) < 4.78 is 5.77.